The number of carbonyl (C=O) groups is 3. The number of carbonyl (C=O) groups excluding carboxylic acids is 3. The number of Topliss-reactive ketones (excluding diaryl/α,β-unsaturated/α-hetero) is 1. The molecule has 0 aliphatic rings. The van der Waals surface area contributed by atoms with Crippen molar-refractivity contribution >= 4 is 87.3 Å². The molecule has 10 N–H and O–H groups in total. The van der Waals surface area contributed by atoms with Crippen LogP contribution in [0.4, 0.5) is 21.9 Å². The Labute approximate surface area is 371 Å². The van der Waals surface area contributed by atoms with Crippen molar-refractivity contribution in [3.63, 3.8) is 0 Å². The van der Waals surface area contributed by atoms with E-state index in [4.69, 9.17) is 42.4 Å². The molecule has 0 saturated carbocycles. The molecule has 0 bridgehead atoms. The van der Waals surface area contributed by atoms with E-state index in [-0.39, 0.29) is 12.3 Å². The van der Waals surface area contributed by atoms with Gasteiger partial charge in [0.1, 0.15) is 0 Å². The number of amides is 3. The van der Waals surface area contributed by atoms with Crippen LogP contribution in [0.15, 0.2) is 72.8 Å². The Balaban J connectivity index is 1.43. The van der Waals surface area contributed by atoms with Crippen molar-refractivity contribution in [1.82, 2.24) is 36.4 Å². The predicted octanol–water partition coefficient (Wildman–Crippen LogP) is 4.83. The lowest BCUT2D eigenvalue weighted by Gasteiger charge is -2.23. The fourth-order valence-electron chi connectivity index (χ4n) is 6.10. The van der Waals surface area contributed by atoms with E-state index in [1.54, 1.807) is 0 Å². The molecule has 60 heavy (non-hydrogen) atoms. The quantitative estimate of drug-likeness (QED) is 0.0210. The maximum atomic E-state index is 13.5. The summed E-state index contributed by atoms with van der Waals surface area (Å²) in [6.07, 6.45) is 6.66. The molecule has 3 rings (SSSR count). The van der Waals surface area contributed by atoms with Gasteiger partial charge in [-0.2, -0.15) is 0 Å². The van der Waals surface area contributed by atoms with Gasteiger partial charge in [0.15, 0.2) is 21.1 Å². The molecule has 3 amide bonds. The lowest BCUT2D eigenvalue weighted by Crippen LogP contribution is -2.43. The van der Waals surface area contributed by atoms with Gasteiger partial charge in [-0.25, -0.2) is 4.79 Å². The van der Waals surface area contributed by atoms with Crippen molar-refractivity contribution < 1.29 is 14.4 Å². The normalized spacial score (nSPS) is 10.7. The van der Waals surface area contributed by atoms with E-state index < -0.39 is 6.03 Å². The molecule has 0 aliphatic carbocycles. The molecular formula is C43H63N11O3S3. The molecular weight excluding hydrogens is 815 g/mol. The molecule has 0 spiro atoms. The highest BCUT2D eigenvalue weighted by molar-refractivity contribution is 7.80. The van der Waals surface area contributed by atoms with Crippen LogP contribution in [0.25, 0.3) is 0 Å². The van der Waals surface area contributed by atoms with Gasteiger partial charge in [-0.05, 0) is 129 Å². The number of rotatable bonds is 28. The van der Waals surface area contributed by atoms with E-state index in [1.807, 2.05) is 48.5 Å². The Morgan fingerprint density at radius 2 is 0.983 bits per heavy atom. The average molecular weight is 878 g/mol. The summed E-state index contributed by atoms with van der Waals surface area (Å²) < 4.78 is 0. The van der Waals surface area contributed by atoms with Crippen molar-refractivity contribution in [3.8, 4) is 0 Å². The highest BCUT2D eigenvalue weighted by Gasteiger charge is 2.14. The van der Waals surface area contributed by atoms with Crippen molar-refractivity contribution in [2.75, 3.05) is 87.9 Å². The summed E-state index contributed by atoms with van der Waals surface area (Å²) in [5.74, 6) is -0.00115. The standard InChI is InChI=1S/C43H63N11O3S3/c1-3-33-9-15-36(16-10-33)50-42(59)48-24-29-54(30-25-49-43(60)51-37-17-11-34(4-2)12-18-37)31-39(56)35-13-19-38(20-14-35)52-41(58)47-21-7-5-6-8-26-53(27-22-45-32-55)28-23-46-40(44)57/h9-20,32H,3-8,21-31H2,1-2H3,(H,45,55)(H3,44,46,57)(H2,47,52,58)(H2,48,50,59)(H2,49,51,60). The van der Waals surface area contributed by atoms with E-state index in [9.17, 15) is 14.4 Å². The molecule has 3 aromatic carbocycles. The monoisotopic (exact) mass is 877 g/mol. The first kappa shape index (κ1) is 49.4. The van der Waals surface area contributed by atoms with Crippen LogP contribution in [0.3, 0.4) is 0 Å². The minimum absolute atomic E-state index is 0.00115. The lowest BCUT2D eigenvalue weighted by atomic mass is 10.1. The highest BCUT2D eigenvalue weighted by atomic mass is 32.1. The van der Waals surface area contributed by atoms with Crippen molar-refractivity contribution in [2.24, 2.45) is 5.73 Å². The summed E-state index contributed by atoms with van der Waals surface area (Å²) >= 11 is 16.6. The Hall–Kier alpha value is -4.94. The first-order valence-electron chi connectivity index (χ1n) is 20.7. The second-order valence-electron chi connectivity index (χ2n) is 14.1. The number of nitrogens with zero attached hydrogens (tertiary/aromatic N) is 2. The minimum Gasteiger partial charge on any atom is -0.362 e. The molecule has 0 aliphatic heterocycles. The van der Waals surface area contributed by atoms with E-state index in [0.29, 0.717) is 79.7 Å². The second kappa shape index (κ2) is 29.3. The molecule has 0 unspecified atom stereocenters. The molecule has 17 heteroatoms. The van der Waals surface area contributed by atoms with Crippen LogP contribution in [0.2, 0.25) is 0 Å². The Kier molecular flexibility index (Phi) is 24.1. The fourth-order valence-corrected chi connectivity index (χ4v) is 6.76. The molecule has 326 valence electrons. The summed E-state index contributed by atoms with van der Waals surface area (Å²) in [6.45, 7) is 10.7. The number of unbranched alkanes of at least 4 members (excludes halogenated alkanes) is 3. The van der Waals surface area contributed by atoms with Gasteiger partial charge >= 0.3 is 6.03 Å². The lowest BCUT2D eigenvalue weighted by molar-refractivity contribution is -0.109. The first-order chi connectivity index (χ1) is 29.1. The van der Waals surface area contributed by atoms with E-state index in [1.165, 1.54) is 11.1 Å². The number of urea groups is 1. The largest absolute Gasteiger partial charge is 0.362 e. The molecule has 14 nitrogen and oxygen atoms in total. The maximum absolute atomic E-state index is 13.5. The van der Waals surface area contributed by atoms with Crippen molar-refractivity contribution in [1.29, 1.82) is 0 Å². The Morgan fingerprint density at radius 1 is 0.550 bits per heavy atom. The number of benzene rings is 3. The van der Waals surface area contributed by atoms with Gasteiger partial charge in [0, 0.05) is 81.5 Å². The van der Waals surface area contributed by atoms with Crippen LogP contribution in [-0.2, 0) is 17.6 Å². The second-order valence-corrected chi connectivity index (χ2v) is 15.4. The smallest absolute Gasteiger partial charge is 0.312 e. The van der Waals surface area contributed by atoms with Crippen LogP contribution >= 0.6 is 36.7 Å². The van der Waals surface area contributed by atoms with Gasteiger partial charge in [-0.3, -0.25) is 19.4 Å². The molecule has 0 fully saturated rings. The summed E-state index contributed by atoms with van der Waals surface area (Å²) in [6, 6.07) is 23.2. The number of ketones is 1. The SMILES string of the molecule is CCc1ccc(NC(=S)NCCN(CCNC(=S)Nc2ccc(CC)cc2)CC(=O)c2ccc(NC(=S)NCCCCCCN(CCNC=O)CCNC(N)=O)cc2)cc1. The van der Waals surface area contributed by atoms with Crippen LogP contribution in [0.5, 0.6) is 0 Å². The minimum atomic E-state index is -0.542. The van der Waals surface area contributed by atoms with Gasteiger partial charge in [-0.15, -0.1) is 0 Å². The van der Waals surface area contributed by atoms with Gasteiger partial charge in [0.05, 0.1) is 6.54 Å². The Morgan fingerprint density at radius 3 is 1.47 bits per heavy atom. The summed E-state index contributed by atoms with van der Waals surface area (Å²) in [4.78, 5) is 39.4. The topological polar surface area (TPSA) is 180 Å². The van der Waals surface area contributed by atoms with Crippen LogP contribution in [0.1, 0.15) is 61.0 Å². The van der Waals surface area contributed by atoms with Crippen LogP contribution < -0.4 is 48.3 Å². The number of hydrogen-bond donors (Lipinski definition) is 9. The number of aryl methyl sites for hydroxylation is 2. The highest BCUT2D eigenvalue weighted by Crippen LogP contribution is 2.13. The first-order valence-corrected chi connectivity index (χ1v) is 21.9. The van der Waals surface area contributed by atoms with E-state index in [2.05, 4.69) is 90.4 Å². The summed E-state index contributed by atoms with van der Waals surface area (Å²) in [5, 5.41) is 26.3. The molecule has 0 saturated heterocycles. The van der Waals surface area contributed by atoms with Crippen molar-refractivity contribution in [3.05, 3.63) is 89.5 Å². The maximum Gasteiger partial charge on any atom is 0.312 e. The number of primary amides is 1. The van der Waals surface area contributed by atoms with Crippen LogP contribution in [-0.4, -0.2) is 115 Å². The zero-order chi connectivity index (χ0) is 43.4. The third-order valence-electron chi connectivity index (χ3n) is 9.57. The van der Waals surface area contributed by atoms with Gasteiger partial charge in [0.25, 0.3) is 0 Å². The molecule has 3 aromatic rings. The number of nitrogens with one attached hydrogen (secondary N) is 8. The zero-order valence-corrected chi connectivity index (χ0v) is 37.4. The average Bonchev–Trinajstić information content (AvgIpc) is 3.23. The predicted molar refractivity (Wildman–Crippen MR) is 258 cm³/mol. The fraction of sp³-hybridized carbons (Fsp3) is 0.442. The number of nitrogens with two attached hydrogens (primary N) is 1. The summed E-state index contributed by atoms with van der Waals surface area (Å²) in [7, 11) is 0. The number of thiocarbonyl (C=S) groups is 3. The molecule has 0 heterocycles. The molecule has 0 aromatic heterocycles. The van der Waals surface area contributed by atoms with E-state index >= 15 is 0 Å². The van der Waals surface area contributed by atoms with Gasteiger partial charge in [-0.1, -0.05) is 51.0 Å². The Bertz CT molecular complexity index is 1700. The van der Waals surface area contributed by atoms with E-state index in [0.717, 1.165) is 68.7 Å². The third-order valence-corrected chi connectivity index (χ3v) is 10.3. The molecule has 0 radical (unpaired) electrons. The number of anilines is 3. The number of hydrogen-bond acceptors (Lipinski definition) is 8. The van der Waals surface area contributed by atoms with Crippen molar-refractivity contribution in [2.45, 2.75) is 52.4 Å². The zero-order valence-electron chi connectivity index (χ0n) is 34.9. The summed E-state index contributed by atoms with van der Waals surface area (Å²) in [5.41, 5.74) is 10.9. The van der Waals surface area contributed by atoms with Gasteiger partial charge in [0.2, 0.25) is 6.41 Å². The van der Waals surface area contributed by atoms with Gasteiger partial charge < -0.3 is 48.3 Å². The van der Waals surface area contributed by atoms with Crippen LogP contribution in [0, 0.1) is 0 Å². The molecule has 0 atom stereocenters. The third kappa shape index (κ3) is 21.4.